The van der Waals surface area contributed by atoms with E-state index in [0.717, 1.165) is 16.6 Å². The van der Waals surface area contributed by atoms with Gasteiger partial charge in [-0.05, 0) is 54.0 Å². The van der Waals surface area contributed by atoms with E-state index in [-0.39, 0.29) is 5.75 Å². The Labute approximate surface area is 117 Å². The molecule has 7 heteroatoms. The average Bonchev–Trinajstić information content (AvgIpc) is 2.28. The van der Waals surface area contributed by atoms with Crippen LogP contribution in [0.5, 0.6) is 0 Å². The van der Waals surface area contributed by atoms with Crippen LogP contribution in [0.25, 0.3) is 0 Å². The zero-order valence-electron chi connectivity index (χ0n) is 10.5. The normalized spacial score (nSPS) is 11.5. The number of nitrogens with zero attached hydrogens (tertiary/aromatic N) is 1. The molecular weight excluding hydrogens is 318 g/mol. The van der Waals surface area contributed by atoms with E-state index in [4.69, 9.17) is 0 Å². The Kier molecular flexibility index (Phi) is 6.04. The molecule has 18 heavy (non-hydrogen) atoms. The first-order chi connectivity index (χ1) is 8.44. The maximum Gasteiger partial charge on any atom is 0.233 e. The van der Waals surface area contributed by atoms with Gasteiger partial charge in [0.15, 0.2) is 0 Å². The van der Waals surface area contributed by atoms with Crippen molar-refractivity contribution in [1.29, 1.82) is 0 Å². The first-order valence-electron chi connectivity index (χ1n) is 5.78. The Balaban J connectivity index is 2.59. The third kappa shape index (κ3) is 5.32. The highest BCUT2D eigenvalue weighted by Crippen LogP contribution is 2.17. The van der Waals surface area contributed by atoms with Crippen molar-refractivity contribution in [3.8, 4) is 0 Å². The maximum atomic E-state index is 11.8. The molecule has 0 bridgehead atoms. The lowest BCUT2D eigenvalue weighted by Gasteiger charge is -2.09. The number of aryl methyl sites for hydroxylation is 1. The van der Waals surface area contributed by atoms with Crippen LogP contribution in [0.1, 0.15) is 18.9 Å². The van der Waals surface area contributed by atoms with Gasteiger partial charge < -0.3 is 5.32 Å². The van der Waals surface area contributed by atoms with E-state index in [9.17, 15) is 8.42 Å². The van der Waals surface area contributed by atoms with Gasteiger partial charge in [-0.3, -0.25) is 4.72 Å². The number of hydrogen-bond donors (Lipinski definition) is 2. The number of pyridine rings is 1. The van der Waals surface area contributed by atoms with Crippen molar-refractivity contribution in [1.82, 2.24) is 10.3 Å². The molecule has 0 aromatic carbocycles. The van der Waals surface area contributed by atoms with E-state index >= 15 is 0 Å². The van der Waals surface area contributed by atoms with Gasteiger partial charge >= 0.3 is 0 Å². The number of sulfonamides is 1. The van der Waals surface area contributed by atoms with Gasteiger partial charge in [0, 0.05) is 10.7 Å². The Morgan fingerprint density at radius 2 is 2.17 bits per heavy atom. The highest BCUT2D eigenvalue weighted by atomic mass is 79.9. The quantitative estimate of drug-likeness (QED) is 0.746. The molecule has 0 amide bonds. The largest absolute Gasteiger partial charge is 0.317 e. The van der Waals surface area contributed by atoms with Crippen LogP contribution in [0, 0.1) is 6.92 Å². The van der Waals surface area contributed by atoms with E-state index in [1.807, 2.05) is 19.9 Å². The van der Waals surface area contributed by atoms with Crippen LogP contribution in [-0.4, -0.2) is 32.2 Å². The summed E-state index contributed by atoms with van der Waals surface area (Å²) in [6.07, 6.45) is 2.16. The summed E-state index contributed by atoms with van der Waals surface area (Å²) in [4.78, 5) is 4.05. The standard InChI is InChI=1S/C11H18BrN3O2S/c1-3-13-5-4-6-18(16,17)15-11-9(2)7-10(12)8-14-11/h7-8,13H,3-6H2,1-2H3,(H,14,15). The summed E-state index contributed by atoms with van der Waals surface area (Å²) in [5.74, 6) is 0.485. The van der Waals surface area contributed by atoms with Crippen molar-refractivity contribution in [2.75, 3.05) is 23.6 Å². The number of halogens is 1. The molecule has 1 rings (SSSR count). The summed E-state index contributed by atoms with van der Waals surface area (Å²) < 4.78 is 27.0. The van der Waals surface area contributed by atoms with Gasteiger partial charge in [0.2, 0.25) is 10.0 Å². The van der Waals surface area contributed by atoms with Gasteiger partial charge in [-0.25, -0.2) is 13.4 Å². The van der Waals surface area contributed by atoms with E-state index in [1.165, 1.54) is 0 Å². The predicted octanol–water partition coefficient (Wildman–Crippen LogP) is 1.89. The molecule has 0 saturated carbocycles. The molecule has 1 aromatic rings. The van der Waals surface area contributed by atoms with E-state index < -0.39 is 10.0 Å². The second-order valence-corrected chi connectivity index (χ2v) is 6.70. The summed E-state index contributed by atoms with van der Waals surface area (Å²) in [5.41, 5.74) is 0.791. The Bertz CT molecular complexity index is 491. The molecule has 102 valence electrons. The number of nitrogens with one attached hydrogen (secondary N) is 2. The molecule has 0 atom stereocenters. The van der Waals surface area contributed by atoms with Crippen LogP contribution in [-0.2, 0) is 10.0 Å². The van der Waals surface area contributed by atoms with Crippen LogP contribution in [0.3, 0.4) is 0 Å². The van der Waals surface area contributed by atoms with Gasteiger partial charge in [0.1, 0.15) is 5.82 Å². The molecule has 1 aromatic heterocycles. The first-order valence-corrected chi connectivity index (χ1v) is 8.22. The minimum Gasteiger partial charge on any atom is -0.317 e. The summed E-state index contributed by atoms with van der Waals surface area (Å²) in [7, 11) is -3.32. The summed E-state index contributed by atoms with van der Waals surface area (Å²) in [6.45, 7) is 5.35. The molecule has 0 aliphatic carbocycles. The molecule has 0 aliphatic rings. The number of anilines is 1. The van der Waals surface area contributed by atoms with Crippen molar-refractivity contribution >= 4 is 31.8 Å². The Morgan fingerprint density at radius 1 is 1.44 bits per heavy atom. The second kappa shape index (κ2) is 7.06. The smallest absolute Gasteiger partial charge is 0.233 e. The molecule has 1 heterocycles. The van der Waals surface area contributed by atoms with Crippen LogP contribution in [0.15, 0.2) is 16.7 Å². The molecule has 0 unspecified atom stereocenters. The van der Waals surface area contributed by atoms with Crippen molar-refractivity contribution in [3.63, 3.8) is 0 Å². The molecular formula is C11H18BrN3O2S. The number of hydrogen-bond acceptors (Lipinski definition) is 4. The van der Waals surface area contributed by atoms with Gasteiger partial charge in [-0.1, -0.05) is 6.92 Å². The Hall–Kier alpha value is -0.660. The zero-order chi connectivity index (χ0) is 13.6. The van der Waals surface area contributed by atoms with Crippen molar-refractivity contribution < 1.29 is 8.42 Å². The van der Waals surface area contributed by atoms with E-state index in [0.29, 0.717) is 18.8 Å². The van der Waals surface area contributed by atoms with Crippen LogP contribution < -0.4 is 10.0 Å². The van der Waals surface area contributed by atoms with Gasteiger partial charge in [0.05, 0.1) is 5.75 Å². The van der Waals surface area contributed by atoms with Crippen LogP contribution >= 0.6 is 15.9 Å². The summed E-state index contributed by atoms with van der Waals surface area (Å²) in [6, 6.07) is 1.82. The average molecular weight is 336 g/mol. The second-order valence-electron chi connectivity index (χ2n) is 3.95. The van der Waals surface area contributed by atoms with Gasteiger partial charge in [-0.15, -0.1) is 0 Å². The lowest BCUT2D eigenvalue weighted by molar-refractivity contribution is 0.595. The molecule has 0 saturated heterocycles. The van der Waals surface area contributed by atoms with Gasteiger partial charge in [-0.2, -0.15) is 0 Å². The molecule has 0 fully saturated rings. The Morgan fingerprint density at radius 3 is 2.78 bits per heavy atom. The monoisotopic (exact) mass is 335 g/mol. The molecule has 0 aliphatic heterocycles. The third-order valence-corrected chi connectivity index (χ3v) is 4.08. The predicted molar refractivity (Wildman–Crippen MR) is 77.2 cm³/mol. The van der Waals surface area contributed by atoms with E-state index in [2.05, 4.69) is 31.0 Å². The summed E-state index contributed by atoms with van der Waals surface area (Å²) in [5, 5.41) is 3.09. The lowest BCUT2D eigenvalue weighted by Crippen LogP contribution is -2.22. The van der Waals surface area contributed by atoms with Crippen molar-refractivity contribution in [3.05, 3.63) is 22.3 Å². The molecule has 2 N–H and O–H groups in total. The lowest BCUT2D eigenvalue weighted by atomic mass is 10.3. The first kappa shape index (κ1) is 15.4. The van der Waals surface area contributed by atoms with Crippen LogP contribution in [0.2, 0.25) is 0 Å². The third-order valence-electron chi connectivity index (χ3n) is 2.31. The van der Waals surface area contributed by atoms with E-state index in [1.54, 1.807) is 6.20 Å². The molecule has 5 nitrogen and oxygen atoms in total. The minimum atomic E-state index is -3.32. The van der Waals surface area contributed by atoms with Crippen LogP contribution in [0.4, 0.5) is 5.82 Å². The maximum absolute atomic E-state index is 11.8. The fourth-order valence-electron chi connectivity index (χ4n) is 1.41. The molecule has 0 radical (unpaired) electrons. The fraction of sp³-hybridized carbons (Fsp3) is 0.545. The minimum absolute atomic E-state index is 0.0944. The fourth-order valence-corrected chi connectivity index (χ4v) is 2.99. The molecule has 0 spiro atoms. The number of rotatable bonds is 7. The SMILES string of the molecule is CCNCCCS(=O)(=O)Nc1ncc(Br)cc1C. The number of aromatic nitrogens is 1. The highest BCUT2D eigenvalue weighted by Gasteiger charge is 2.12. The van der Waals surface area contributed by atoms with Gasteiger partial charge in [0.25, 0.3) is 0 Å². The zero-order valence-corrected chi connectivity index (χ0v) is 12.9. The highest BCUT2D eigenvalue weighted by molar-refractivity contribution is 9.10. The van der Waals surface area contributed by atoms with Crippen molar-refractivity contribution in [2.45, 2.75) is 20.3 Å². The summed E-state index contributed by atoms with van der Waals surface area (Å²) >= 11 is 3.29. The topological polar surface area (TPSA) is 71.1 Å². The van der Waals surface area contributed by atoms with Crippen molar-refractivity contribution in [2.24, 2.45) is 0 Å².